The van der Waals surface area contributed by atoms with Gasteiger partial charge in [0.15, 0.2) is 0 Å². The molecular weight excluding hydrogens is 326 g/mol. The third-order valence-corrected chi connectivity index (χ3v) is 3.95. The highest BCUT2D eigenvalue weighted by molar-refractivity contribution is 9.10. The molecule has 0 atom stereocenters. The quantitative estimate of drug-likeness (QED) is 0.689. The van der Waals surface area contributed by atoms with Crippen LogP contribution in [0, 0.1) is 10.1 Å². The van der Waals surface area contributed by atoms with Crippen molar-refractivity contribution in [3.63, 3.8) is 0 Å². The zero-order valence-electron chi connectivity index (χ0n) is 10.3. The number of nitrogens with zero attached hydrogens (tertiary/aromatic N) is 2. The summed E-state index contributed by atoms with van der Waals surface area (Å²) in [6.07, 6.45) is 2.03. The minimum Gasteiger partial charge on any atom is -0.306 e. The molecule has 0 bridgehead atoms. The Morgan fingerprint density at radius 2 is 2.15 bits per heavy atom. The maximum Gasteiger partial charge on any atom is 0.270 e. The summed E-state index contributed by atoms with van der Waals surface area (Å²) >= 11 is 3.25. The second-order valence-electron chi connectivity index (χ2n) is 4.70. The summed E-state index contributed by atoms with van der Waals surface area (Å²) < 4.78 is 0.453. The highest BCUT2D eigenvalue weighted by Gasteiger charge is 2.29. The monoisotopic (exact) mass is 335 g/mol. The number of nitrogens with one attached hydrogen (secondary N) is 1. The van der Waals surface area contributed by atoms with Crippen LogP contribution in [0.1, 0.15) is 24.5 Å². The fourth-order valence-corrected chi connectivity index (χ4v) is 2.52. The van der Waals surface area contributed by atoms with Crippen LogP contribution in [-0.2, 0) is 0 Å². The van der Waals surface area contributed by atoms with Gasteiger partial charge in [-0.05, 0) is 28.8 Å². The Balaban J connectivity index is 2.12. The molecule has 1 fully saturated rings. The van der Waals surface area contributed by atoms with Gasteiger partial charge < -0.3 is 4.98 Å². The molecule has 1 aliphatic carbocycles. The highest BCUT2D eigenvalue weighted by Crippen LogP contribution is 2.41. The van der Waals surface area contributed by atoms with Crippen LogP contribution in [0.25, 0.3) is 11.4 Å². The fraction of sp³-hybridized carbons (Fsp3) is 0.231. The minimum absolute atomic E-state index is 0.0268. The van der Waals surface area contributed by atoms with E-state index in [-0.39, 0.29) is 11.2 Å². The van der Waals surface area contributed by atoms with E-state index in [1.54, 1.807) is 12.1 Å². The molecule has 1 aromatic carbocycles. The number of nitro groups is 1. The lowest BCUT2D eigenvalue weighted by molar-refractivity contribution is -0.384. The molecule has 102 valence electrons. The smallest absolute Gasteiger partial charge is 0.270 e. The van der Waals surface area contributed by atoms with E-state index >= 15 is 0 Å². The Labute approximate surface area is 122 Å². The van der Waals surface area contributed by atoms with Gasteiger partial charge in [-0.3, -0.25) is 14.9 Å². The molecule has 3 rings (SSSR count). The Morgan fingerprint density at radius 3 is 2.80 bits per heavy atom. The first kappa shape index (κ1) is 13.0. The maximum atomic E-state index is 11.9. The number of aromatic nitrogens is 2. The average Bonchev–Trinajstić information content (AvgIpc) is 3.26. The van der Waals surface area contributed by atoms with Gasteiger partial charge >= 0.3 is 0 Å². The van der Waals surface area contributed by atoms with Crippen molar-refractivity contribution in [3.8, 4) is 11.4 Å². The van der Waals surface area contributed by atoms with E-state index in [1.165, 1.54) is 12.1 Å². The normalized spacial score (nSPS) is 14.2. The number of nitro benzene ring substituents is 1. The van der Waals surface area contributed by atoms with Crippen molar-refractivity contribution in [2.24, 2.45) is 0 Å². The molecular formula is C13H10BrN3O3. The lowest BCUT2D eigenvalue weighted by Crippen LogP contribution is -2.13. The van der Waals surface area contributed by atoms with Gasteiger partial charge in [0.25, 0.3) is 11.2 Å². The van der Waals surface area contributed by atoms with Crippen molar-refractivity contribution in [2.45, 2.75) is 18.8 Å². The Morgan fingerprint density at radius 1 is 1.40 bits per heavy atom. The molecule has 7 heteroatoms. The first-order valence-corrected chi connectivity index (χ1v) is 6.90. The van der Waals surface area contributed by atoms with Gasteiger partial charge in [-0.25, -0.2) is 4.98 Å². The molecule has 1 saturated carbocycles. The van der Waals surface area contributed by atoms with Crippen LogP contribution in [0.15, 0.2) is 33.5 Å². The molecule has 6 nitrogen and oxygen atoms in total. The van der Waals surface area contributed by atoms with Crippen LogP contribution < -0.4 is 5.56 Å². The lowest BCUT2D eigenvalue weighted by Gasteiger charge is -2.05. The molecule has 0 radical (unpaired) electrons. The van der Waals surface area contributed by atoms with Gasteiger partial charge in [-0.1, -0.05) is 12.1 Å². The van der Waals surface area contributed by atoms with Crippen molar-refractivity contribution in [1.29, 1.82) is 0 Å². The lowest BCUT2D eigenvalue weighted by atomic mass is 10.2. The van der Waals surface area contributed by atoms with E-state index in [2.05, 4.69) is 25.9 Å². The van der Waals surface area contributed by atoms with Crippen molar-refractivity contribution < 1.29 is 4.92 Å². The van der Waals surface area contributed by atoms with Crippen LogP contribution in [0.2, 0.25) is 0 Å². The third-order valence-electron chi connectivity index (χ3n) is 3.18. The van der Waals surface area contributed by atoms with Crippen LogP contribution in [0.5, 0.6) is 0 Å². The molecule has 1 N–H and O–H groups in total. The highest BCUT2D eigenvalue weighted by atomic mass is 79.9. The van der Waals surface area contributed by atoms with Crippen molar-refractivity contribution >= 4 is 21.6 Å². The number of hydrogen-bond acceptors (Lipinski definition) is 4. The topological polar surface area (TPSA) is 88.9 Å². The standard InChI is InChI=1S/C13H10BrN3O3/c14-10-11(7-4-5-7)15-12(16-13(10)18)8-2-1-3-9(6-8)17(19)20/h1-3,6-7H,4-5H2,(H,15,16,18). The van der Waals surface area contributed by atoms with Gasteiger partial charge in [0.05, 0.1) is 10.6 Å². The predicted molar refractivity (Wildman–Crippen MR) is 76.6 cm³/mol. The summed E-state index contributed by atoms with van der Waals surface area (Å²) in [5, 5.41) is 10.8. The van der Waals surface area contributed by atoms with Crippen LogP contribution in [0.4, 0.5) is 5.69 Å². The fourth-order valence-electron chi connectivity index (χ4n) is 2.01. The van der Waals surface area contributed by atoms with Gasteiger partial charge in [-0.15, -0.1) is 0 Å². The van der Waals surface area contributed by atoms with E-state index in [1.807, 2.05) is 0 Å². The molecule has 20 heavy (non-hydrogen) atoms. The number of rotatable bonds is 3. The summed E-state index contributed by atoms with van der Waals surface area (Å²) in [5.41, 5.74) is 0.977. The molecule has 0 unspecified atom stereocenters. The maximum absolute atomic E-state index is 11.9. The first-order chi connectivity index (χ1) is 9.56. The zero-order valence-corrected chi connectivity index (χ0v) is 11.9. The van der Waals surface area contributed by atoms with Crippen molar-refractivity contribution in [1.82, 2.24) is 9.97 Å². The van der Waals surface area contributed by atoms with Gasteiger partial charge in [0.2, 0.25) is 0 Å². The molecule has 1 aromatic heterocycles. The second kappa shape index (κ2) is 4.82. The van der Waals surface area contributed by atoms with E-state index in [0.29, 0.717) is 21.8 Å². The number of hydrogen-bond donors (Lipinski definition) is 1. The first-order valence-electron chi connectivity index (χ1n) is 6.11. The average molecular weight is 336 g/mol. The summed E-state index contributed by atoms with van der Waals surface area (Å²) in [7, 11) is 0. The van der Waals surface area contributed by atoms with Gasteiger partial charge in [0.1, 0.15) is 10.3 Å². The van der Waals surface area contributed by atoms with Crippen molar-refractivity contribution in [3.05, 3.63) is 54.9 Å². The Bertz CT molecular complexity index is 753. The van der Waals surface area contributed by atoms with Crippen LogP contribution >= 0.6 is 15.9 Å². The van der Waals surface area contributed by atoms with E-state index in [0.717, 1.165) is 18.5 Å². The van der Waals surface area contributed by atoms with E-state index in [4.69, 9.17) is 0 Å². The Kier molecular flexibility index (Phi) is 3.13. The largest absolute Gasteiger partial charge is 0.306 e. The summed E-state index contributed by atoms with van der Waals surface area (Å²) in [6, 6.07) is 6.08. The Hall–Kier alpha value is -2.02. The molecule has 0 aliphatic heterocycles. The van der Waals surface area contributed by atoms with Gasteiger partial charge in [0, 0.05) is 23.6 Å². The predicted octanol–water partition coefficient (Wildman–Crippen LogP) is 2.99. The van der Waals surface area contributed by atoms with Crippen LogP contribution in [0.3, 0.4) is 0 Å². The van der Waals surface area contributed by atoms with E-state index < -0.39 is 4.92 Å². The van der Waals surface area contributed by atoms with Gasteiger partial charge in [-0.2, -0.15) is 0 Å². The number of aromatic amines is 1. The third kappa shape index (κ3) is 2.36. The molecule has 0 spiro atoms. The molecule has 2 aromatic rings. The zero-order chi connectivity index (χ0) is 14.3. The molecule has 0 saturated heterocycles. The molecule has 1 aliphatic rings. The summed E-state index contributed by atoms with van der Waals surface area (Å²) in [5.74, 6) is 0.674. The van der Waals surface area contributed by atoms with E-state index in [9.17, 15) is 14.9 Å². The number of benzene rings is 1. The summed E-state index contributed by atoms with van der Waals surface area (Å²) in [6.45, 7) is 0. The number of H-pyrrole nitrogens is 1. The second-order valence-corrected chi connectivity index (χ2v) is 5.49. The molecule has 1 heterocycles. The van der Waals surface area contributed by atoms with Crippen LogP contribution in [-0.4, -0.2) is 14.9 Å². The molecule has 0 amide bonds. The minimum atomic E-state index is -0.470. The summed E-state index contributed by atoms with van der Waals surface area (Å²) in [4.78, 5) is 29.3. The SMILES string of the molecule is O=c1[nH]c(-c2cccc([N+](=O)[O-])c2)nc(C2CC2)c1Br. The number of halogens is 1. The van der Waals surface area contributed by atoms with Crippen molar-refractivity contribution in [2.75, 3.05) is 0 Å². The number of non-ortho nitro benzene ring substituents is 1.